The van der Waals surface area contributed by atoms with Crippen LogP contribution in [0.3, 0.4) is 0 Å². The Morgan fingerprint density at radius 3 is 1.31 bits per heavy atom. The van der Waals surface area contributed by atoms with Crippen LogP contribution in [0.15, 0.2) is 72.9 Å². The molecule has 0 aromatic rings. The van der Waals surface area contributed by atoms with Crippen LogP contribution >= 0.6 is 0 Å². The molecule has 7 atom stereocenters. The average molecular weight is 985 g/mol. The molecule has 7 unspecified atom stereocenters. The van der Waals surface area contributed by atoms with Crippen LogP contribution < -0.4 is 5.32 Å². The smallest absolute Gasteiger partial charge is 0.220 e. The van der Waals surface area contributed by atoms with E-state index in [1.54, 1.807) is 6.08 Å². The topological polar surface area (TPSA) is 149 Å². The number of carbonyl (C=O) groups is 1. The summed E-state index contributed by atoms with van der Waals surface area (Å²) in [5.74, 6) is -0.184. The Hall–Kier alpha value is -2.37. The number of aliphatic hydroxyl groups excluding tert-OH is 5. The number of carbonyl (C=O) groups excluding carboxylic acids is 1. The van der Waals surface area contributed by atoms with Gasteiger partial charge in [-0.05, 0) is 64.2 Å². The first kappa shape index (κ1) is 65.6. The highest BCUT2D eigenvalue weighted by molar-refractivity contribution is 5.76. The molecule has 1 fully saturated rings. The Balaban J connectivity index is 2.24. The molecule has 70 heavy (non-hydrogen) atoms. The number of allylic oxidation sites excluding steroid dienone is 11. The zero-order valence-electron chi connectivity index (χ0n) is 45.0. The predicted octanol–water partition coefficient (Wildman–Crippen LogP) is 14.5. The minimum atomic E-state index is -1.57. The number of hydrogen-bond acceptors (Lipinski definition) is 8. The summed E-state index contributed by atoms with van der Waals surface area (Å²) in [5, 5.41) is 54.6. The lowest BCUT2D eigenvalue weighted by molar-refractivity contribution is -0.302. The van der Waals surface area contributed by atoms with E-state index in [1.807, 2.05) is 6.08 Å². The fourth-order valence-electron chi connectivity index (χ4n) is 8.95. The van der Waals surface area contributed by atoms with Gasteiger partial charge in [-0.15, -0.1) is 0 Å². The first-order valence-corrected chi connectivity index (χ1v) is 29.2. The van der Waals surface area contributed by atoms with Crippen molar-refractivity contribution in [3.63, 3.8) is 0 Å². The summed E-state index contributed by atoms with van der Waals surface area (Å²) < 4.78 is 11.3. The maximum absolute atomic E-state index is 13.1. The highest BCUT2D eigenvalue weighted by Gasteiger charge is 2.44. The largest absolute Gasteiger partial charge is 0.394 e. The molecule has 0 bridgehead atoms. The average Bonchev–Trinajstić information content (AvgIpc) is 3.36. The van der Waals surface area contributed by atoms with E-state index in [0.29, 0.717) is 6.42 Å². The van der Waals surface area contributed by atoms with Gasteiger partial charge in [-0.1, -0.05) is 254 Å². The van der Waals surface area contributed by atoms with Crippen molar-refractivity contribution in [2.24, 2.45) is 0 Å². The standard InChI is InChI=1S/C61H109NO8/c1-3-5-7-9-11-13-15-17-19-21-23-25-27-28-29-31-33-35-37-39-41-43-45-47-49-51-57(65)62-54(53-69-61-60(68)59(67)58(66)56(52-63)70-61)55(64)50-48-46-44-42-40-38-36-34-32-30-26-24-22-20-18-16-14-12-10-8-6-4-2/h5,7,11,13,17,19,23,25,28-29,48,50,54-56,58-61,63-64,66-68H,3-4,6,8-10,12,14-16,18,20-22,24,26-27,30-47,49,51-53H2,1-2H3,(H,62,65)/b7-5-,13-11-,19-17-,25-23-,29-28-,50-48+. The molecule has 0 aliphatic carbocycles. The van der Waals surface area contributed by atoms with Gasteiger partial charge in [0.15, 0.2) is 6.29 Å². The maximum atomic E-state index is 13.1. The lowest BCUT2D eigenvalue weighted by atomic mass is 9.99. The van der Waals surface area contributed by atoms with Gasteiger partial charge in [-0.25, -0.2) is 0 Å². The normalized spacial score (nSPS) is 19.9. The van der Waals surface area contributed by atoms with Gasteiger partial charge in [0.25, 0.3) is 0 Å². The van der Waals surface area contributed by atoms with Crippen molar-refractivity contribution in [2.75, 3.05) is 13.2 Å². The number of unbranched alkanes of at least 4 members (excludes halogenated alkanes) is 29. The molecular weight excluding hydrogens is 875 g/mol. The van der Waals surface area contributed by atoms with Crippen LogP contribution in [0, 0.1) is 0 Å². The van der Waals surface area contributed by atoms with E-state index in [2.05, 4.69) is 79.9 Å². The number of aliphatic hydroxyl groups is 5. The fraction of sp³-hybridized carbons (Fsp3) is 0.787. The molecule has 0 aromatic heterocycles. The Bertz CT molecular complexity index is 1330. The van der Waals surface area contributed by atoms with E-state index in [4.69, 9.17) is 9.47 Å². The van der Waals surface area contributed by atoms with Crippen molar-refractivity contribution in [2.45, 2.75) is 294 Å². The van der Waals surface area contributed by atoms with Crippen LogP contribution in [0.2, 0.25) is 0 Å². The zero-order valence-corrected chi connectivity index (χ0v) is 45.0. The monoisotopic (exact) mass is 984 g/mol. The molecule has 1 rings (SSSR count). The minimum Gasteiger partial charge on any atom is -0.394 e. The Morgan fingerprint density at radius 2 is 0.886 bits per heavy atom. The highest BCUT2D eigenvalue weighted by atomic mass is 16.7. The predicted molar refractivity (Wildman–Crippen MR) is 295 cm³/mol. The fourth-order valence-corrected chi connectivity index (χ4v) is 8.95. The van der Waals surface area contributed by atoms with Crippen molar-refractivity contribution >= 4 is 5.91 Å². The number of ether oxygens (including phenoxy) is 2. The van der Waals surface area contributed by atoms with Crippen molar-refractivity contribution in [1.82, 2.24) is 5.32 Å². The van der Waals surface area contributed by atoms with Crippen LogP contribution in [0.25, 0.3) is 0 Å². The van der Waals surface area contributed by atoms with Crippen LogP contribution in [-0.4, -0.2) is 87.5 Å². The first-order chi connectivity index (χ1) is 34.3. The summed E-state index contributed by atoms with van der Waals surface area (Å²) in [5.41, 5.74) is 0. The van der Waals surface area contributed by atoms with Crippen LogP contribution in [0.4, 0.5) is 0 Å². The van der Waals surface area contributed by atoms with Crippen LogP contribution in [-0.2, 0) is 14.3 Å². The molecule has 0 aromatic carbocycles. The first-order valence-electron chi connectivity index (χ1n) is 29.2. The Morgan fingerprint density at radius 1 is 0.500 bits per heavy atom. The van der Waals surface area contributed by atoms with Crippen LogP contribution in [0.1, 0.15) is 251 Å². The molecule has 0 spiro atoms. The van der Waals surface area contributed by atoms with Gasteiger partial charge in [0.2, 0.25) is 5.91 Å². The van der Waals surface area contributed by atoms with Gasteiger partial charge < -0.3 is 40.3 Å². The van der Waals surface area contributed by atoms with Crippen molar-refractivity contribution in [3.05, 3.63) is 72.9 Å². The van der Waals surface area contributed by atoms with E-state index in [-0.39, 0.29) is 12.5 Å². The highest BCUT2D eigenvalue weighted by Crippen LogP contribution is 2.23. The summed E-state index contributed by atoms with van der Waals surface area (Å²) in [6, 6.07) is -0.813. The third-order valence-corrected chi connectivity index (χ3v) is 13.5. The van der Waals surface area contributed by atoms with Gasteiger partial charge in [0.1, 0.15) is 24.4 Å². The molecule has 1 saturated heterocycles. The number of amides is 1. The maximum Gasteiger partial charge on any atom is 0.220 e. The van der Waals surface area contributed by atoms with Gasteiger partial charge in [-0.2, -0.15) is 0 Å². The van der Waals surface area contributed by atoms with E-state index >= 15 is 0 Å². The molecule has 1 heterocycles. The van der Waals surface area contributed by atoms with Crippen LogP contribution in [0.5, 0.6) is 0 Å². The van der Waals surface area contributed by atoms with E-state index in [1.165, 1.54) is 148 Å². The Labute approximate surface area is 429 Å². The molecule has 9 nitrogen and oxygen atoms in total. The van der Waals surface area contributed by atoms with Crippen molar-refractivity contribution in [1.29, 1.82) is 0 Å². The minimum absolute atomic E-state index is 0.184. The molecule has 1 aliphatic rings. The summed E-state index contributed by atoms with van der Waals surface area (Å²) in [6.45, 7) is 3.68. The molecule has 0 radical (unpaired) electrons. The second-order valence-corrected chi connectivity index (χ2v) is 20.1. The molecule has 9 heteroatoms. The molecule has 0 saturated carbocycles. The molecular formula is C61H109NO8. The molecule has 406 valence electrons. The third kappa shape index (κ3) is 39.2. The van der Waals surface area contributed by atoms with Crippen molar-refractivity contribution < 1.29 is 39.8 Å². The molecule has 1 aliphatic heterocycles. The number of nitrogens with one attached hydrogen (secondary N) is 1. The number of hydrogen-bond donors (Lipinski definition) is 6. The lowest BCUT2D eigenvalue weighted by Crippen LogP contribution is -2.60. The quantitative estimate of drug-likeness (QED) is 0.0261. The van der Waals surface area contributed by atoms with Gasteiger partial charge in [-0.3, -0.25) is 4.79 Å². The summed E-state index contributed by atoms with van der Waals surface area (Å²) >= 11 is 0. The third-order valence-electron chi connectivity index (χ3n) is 13.5. The summed E-state index contributed by atoms with van der Waals surface area (Å²) in [7, 11) is 0. The van der Waals surface area contributed by atoms with Gasteiger partial charge >= 0.3 is 0 Å². The lowest BCUT2D eigenvalue weighted by Gasteiger charge is -2.40. The van der Waals surface area contributed by atoms with E-state index < -0.39 is 49.5 Å². The Kier molecular flexibility index (Phi) is 47.1. The second-order valence-electron chi connectivity index (χ2n) is 20.1. The van der Waals surface area contributed by atoms with Gasteiger partial charge in [0, 0.05) is 6.42 Å². The summed E-state index contributed by atoms with van der Waals surface area (Å²) in [6.07, 6.45) is 62.4. The van der Waals surface area contributed by atoms with Gasteiger partial charge in [0.05, 0.1) is 25.4 Å². The number of rotatable bonds is 49. The second kappa shape index (κ2) is 50.2. The van der Waals surface area contributed by atoms with Crippen molar-refractivity contribution in [3.8, 4) is 0 Å². The van der Waals surface area contributed by atoms with E-state index in [9.17, 15) is 30.3 Å². The SMILES string of the molecule is CC/C=C\C/C=C\C/C=C\C/C=C\C/C=C\CCCCCCCCCCCC(=O)NC(COC1OC(CO)C(O)C(O)C1O)C(O)/C=C/CCCCCCCCCCCCCCCCCCCCCC. The van der Waals surface area contributed by atoms with E-state index in [0.717, 1.165) is 83.5 Å². The molecule has 1 amide bonds. The zero-order chi connectivity index (χ0) is 50.8. The summed E-state index contributed by atoms with van der Waals surface area (Å²) in [4.78, 5) is 13.1. The molecule has 6 N–H and O–H groups in total.